The van der Waals surface area contributed by atoms with Gasteiger partial charge in [-0.2, -0.15) is 0 Å². The maximum Gasteiger partial charge on any atom is 0.166 e. The number of hydrogen-bond acceptors (Lipinski definition) is 4. The second kappa shape index (κ2) is 9.61. The lowest BCUT2D eigenvalue weighted by molar-refractivity contribution is -0.174. The van der Waals surface area contributed by atoms with Crippen LogP contribution in [0.3, 0.4) is 0 Å². The lowest BCUT2D eigenvalue weighted by Crippen LogP contribution is -2.44. The van der Waals surface area contributed by atoms with Crippen molar-refractivity contribution in [1.82, 2.24) is 0 Å². The monoisotopic (exact) mass is 430 g/mol. The van der Waals surface area contributed by atoms with E-state index >= 15 is 0 Å². The van der Waals surface area contributed by atoms with Crippen molar-refractivity contribution in [3.8, 4) is 0 Å². The van der Waals surface area contributed by atoms with Crippen LogP contribution in [0.2, 0.25) is 5.02 Å². The molecule has 1 aliphatic carbocycles. The standard InChI is InChI=1S/C23H25ClO4.C2H6/c1-2-14-3-5-15(6-4-14)7-16-8-20-19(10-21(16)24)22(27)12-23(20)11-17(26)9-18(13-25)28-23;1-2/h3-6,8,10,17-18,25-26H,2,7,9,11-13H2,1H3;1-2H3. The molecule has 1 spiro atoms. The quantitative estimate of drug-likeness (QED) is 0.728. The molecule has 4 rings (SSSR count). The molecule has 4 nitrogen and oxygen atoms in total. The Labute approximate surface area is 183 Å². The fourth-order valence-electron chi connectivity index (χ4n) is 4.51. The Morgan fingerprint density at radius 3 is 2.47 bits per heavy atom. The zero-order valence-electron chi connectivity index (χ0n) is 18.0. The van der Waals surface area contributed by atoms with E-state index in [0.717, 1.165) is 23.1 Å². The highest BCUT2D eigenvalue weighted by Crippen LogP contribution is 2.48. The first-order valence-corrected chi connectivity index (χ1v) is 11.2. The number of carbonyl (C=O) groups excluding carboxylic acids is 1. The van der Waals surface area contributed by atoms with Crippen molar-refractivity contribution >= 4 is 17.4 Å². The van der Waals surface area contributed by atoms with E-state index in [2.05, 4.69) is 31.2 Å². The van der Waals surface area contributed by atoms with Crippen molar-refractivity contribution in [2.24, 2.45) is 0 Å². The van der Waals surface area contributed by atoms with Crippen LogP contribution in [0, 0.1) is 0 Å². The van der Waals surface area contributed by atoms with Crippen molar-refractivity contribution in [3.63, 3.8) is 0 Å². The second-order valence-electron chi connectivity index (χ2n) is 7.95. The van der Waals surface area contributed by atoms with Gasteiger partial charge >= 0.3 is 0 Å². The number of aliphatic hydroxyl groups excluding tert-OH is 2. The van der Waals surface area contributed by atoms with Gasteiger partial charge in [-0.05, 0) is 41.2 Å². The van der Waals surface area contributed by atoms with Crippen LogP contribution in [0.25, 0.3) is 0 Å². The van der Waals surface area contributed by atoms with Crippen LogP contribution in [-0.2, 0) is 23.2 Å². The van der Waals surface area contributed by atoms with Gasteiger partial charge in [-0.15, -0.1) is 0 Å². The van der Waals surface area contributed by atoms with E-state index in [0.29, 0.717) is 29.8 Å². The molecule has 3 atom stereocenters. The van der Waals surface area contributed by atoms with Crippen molar-refractivity contribution < 1.29 is 19.7 Å². The Morgan fingerprint density at radius 2 is 1.83 bits per heavy atom. The molecule has 0 amide bonds. The summed E-state index contributed by atoms with van der Waals surface area (Å²) in [5, 5.41) is 20.5. The highest BCUT2D eigenvalue weighted by Gasteiger charge is 2.50. The lowest BCUT2D eigenvalue weighted by atomic mass is 9.84. The Morgan fingerprint density at radius 1 is 1.17 bits per heavy atom. The molecular weight excluding hydrogens is 400 g/mol. The SMILES string of the molecule is CC.CCc1ccc(Cc2cc3c(cc2Cl)C(=O)CC32CC(O)CC(CO)O2)cc1. The molecule has 2 aliphatic rings. The van der Waals surface area contributed by atoms with Crippen molar-refractivity contribution in [1.29, 1.82) is 0 Å². The van der Waals surface area contributed by atoms with E-state index in [1.807, 2.05) is 19.9 Å². The first-order chi connectivity index (χ1) is 14.4. The Bertz CT molecular complexity index is 893. The molecule has 0 aromatic heterocycles. The molecule has 30 heavy (non-hydrogen) atoms. The van der Waals surface area contributed by atoms with Crippen LogP contribution in [0.1, 0.15) is 72.6 Å². The van der Waals surface area contributed by atoms with Gasteiger partial charge in [0.15, 0.2) is 5.78 Å². The van der Waals surface area contributed by atoms with E-state index in [1.54, 1.807) is 6.07 Å². The molecule has 0 radical (unpaired) electrons. The number of rotatable bonds is 4. The summed E-state index contributed by atoms with van der Waals surface area (Å²) in [5.41, 5.74) is 3.86. The largest absolute Gasteiger partial charge is 0.394 e. The number of hydrogen-bond donors (Lipinski definition) is 2. The van der Waals surface area contributed by atoms with Crippen LogP contribution < -0.4 is 0 Å². The van der Waals surface area contributed by atoms with Gasteiger partial charge in [0.25, 0.3) is 0 Å². The van der Waals surface area contributed by atoms with Gasteiger partial charge in [0.1, 0.15) is 5.60 Å². The van der Waals surface area contributed by atoms with Gasteiger partial charge in [0.05, 0.1) is 18.8 Å². The summed E-state index contributed by atoms with van der Waals surface area (Å²) in [7, 11) is 0. The third-order valence-electron chi connectivity index (χ3n) is 5.95. The number of aryl methyl sites for hydroxylation is 1. The second-order valence-corrected chi connectivity index (χ2v) is 8.35. The smallest absolute Gasteiger partial charge is 0.166 e. The van der Waals surface area contributed by atoms with Gasteiger partial charge in [-0.3, -0.25) is 4.79 Å². The highest BCUT2D eigenvalue weighted by molar-refractivity contribution is 6.32. The zero-order chi connectivity index (χ0) is 21.9. The summed E-state index contributed by atoms with van der Waals surface area (Å²) < 4.78 is 6.15. The number of ether oxygens (including phenoxy) is 1. The van der Waals surface area contributed by atoms with Gasteiger partial charge in [0.2, 0.25) is 0 Å². The van der Waals surface area contributed by atoms with Gasteiger partial charge in [-0.1, -0.05) is 62.7 Å². The number of ketones is 1. The molecule has 2 aromatic rings. The summed E-state index contributed by atoms with van der Waals surface area (Å²) in [5.74, 6) is -0.0264. The molecule has 5 heteroatoms. The number of benzene rings is 2. The fourth-order valence-corrected chi connectivity index (χ4v) is 4.74. The lowest BCUT2D eigenvalue weighted by Gasteiger charge is -2.41. The minimum atomic E-state index is -0.872. The van der Waals surface area contributed by atoms with Gasteiger partial charge < -0.3 is 14.9 Å². The molecule has 1 aliphatic heterocycles. The first-order valence-electron chi connectivity index (χ1n) is 10.8. The third kappa shape index (κ3) is 4.47. The number of halogens is 1. The molecule has 1 fully saturated rings. The van der Waals surface area contributed by atoms with E-state index in [4.69, 9.17) is 16.3 Å². The Balaban J connectivity index is 0.00000124. The first kappa shape index (κ1) is 23.0. The maximum absolute atomic E-state index is 12.7. The molecule has 162 valence electrons. The van der Waals surface area contributed by atoms with E-state index in [1.165, 1.54) is 5.56 Å². The maximum atomic E-state index is 12.7. The average molecular weight is 431 g/mol. The minimum Gasteiger partial charge on any atom is -0.394 e. The Kier molecular flexibility index (Phi) is 7.35. The zero-order valence-corrected chi connectivity index (χ0v) is 18.7. The highest BCUT2D eigenvalue weighted by atomic mass is 35.5. The van der Waals surface area contributed by atoms with Crippen molar-refractivity contribution in [2.75, 3.05) is 6.61 Å². The average Bonchev–Trinajstić information content (AvgIpc) is 2.99. The molecule has 1 heterocycles. The number of Topliss-reactive ketones (excluding diaryl/α,β-unsaturated/α-hetero) is 1. The van der Waals surface area contributed by atoms with Gasteiger partial charge in [0, 0.05) is 29.8 Å². The molecule has 0 saturated carbocycles. The van der Waals surface area contributed by atoms with E-state index in [9.17, 15) is 15.0 Å². The normalized spacial score (nSPS) is 25.1. The molecule has 0 bridgehead atoms. The van der Waals surface area contributed by atoms with Crippen LogP contribution >= 0.6 is 11.6 Å². The fraction of sp³-hybridized carbons (Fsp3) is 0.480. The minimum absolute atomic E-state index is 0.0264. The molecular formula is C25H31ClO4. The van der Waals surface area contributed by atoms with E-state index in [-0.39, 0.29) is 18.8 Å². The summed E-state index contributed by atoms with van der Waals surface area (Å²) in [6.45, 7) is 5.95. The van der Waals surface area contributed by atoms with Crippen LogP contribution in [0.15, 0.2) is 36.4 Å². The van der Waals surface area contributed by atoms with Crippen molar-refractivity contribution in [2.45, 2.75) is 70.7 Å². The third-order valence-corrected chi connectivity index (χ3v) is 6.30. The topological polar surface area (TPSA) is 66.8 Å². The van der Waals surface area contributed by atoms with Crippen LogP contribution in [0.4, 0.5) is 0 Å². The summed E-state index contributed by atoms with van der Waals surface area (Å²) in [4.78, 5) is 12.7. The predicted molar refractivity (Wildman–Crippen MR) is 119 cm³/mol. The molecule has 2 aromatic carbocycles. The molecule has 1 saturated heterocycles. The molecule has 3 unspecified atom stereocenters. The van der Waals surface area contributed by atoms with Crippen molar-refractivity contribution in [3.05, 3.63) is 69.2 Å². The number of aliphatic hydroxyl groups is 2. The Hall–Kier alpha value is -1.72. The number of fused-ring (bicyclic) bond motifs is 2. The summed E-state index contributed by atoms with van der Waals surface area (Å²) in [6.07, 6.45) is 1.50. The van der Waals surface area contributed by atoms with E-state index < -0.39 is 17.8 Å². The summed E-state index contributed by atoms with van der Waals surface area (Å²) >= 11 is 6.51. The van der Waals surface area contributed by atoms with Gasteiger partial charge in [-0.25, -0.2) is 0 Å². The van der Waals surface area contributed by atoms with Crippen LogP contribution in [-0.4, -0.2) is 34.8 Å². The van der Waals surface area contributed by atoms with Crippen LogP contribution in [0.5, 0.6) is 0 Å². The molecule has 2 N–H and O–H groups in total. The summed E-state index contributed by atoms with van der Waals surface area (Å²) in [6, 6.07) is 12.1. The number of carbonyl (C=O) groups is 1. The predicted octanol–water partition coefficient (Wildman–Crippen LogP) is 4.83.